The topological polar surface area (TPSA) is 114 Å². The lowest BCUT2D eigenvalue weighted by Crippen LogP contribution is -2.57. The standard InChI is InChI=1S/C22H22FN7O4/c1-12(31)28-5-2-16-18(11-28)34-22-14(8-13(23)9-24-22)17-4-7-33-30(17)19-3-6-29-20(27-19)15(10-25-29)21(32)26-16/h3,6,8-10,16-18H,2,4-5,7,11H2,1H3,(H,26,32)/t16-,17+,18?/m1/s1. The molecule has 34 heavy (non-hydrogen) atoms. The molecule has 0 aromatic carbocycles. The zero-order chi connectivity index (χ0) is 23.4. The molecule has 0 aliphatic carbocycles. The molecule has 0 radical (unpaired) electrons. The van der Waals surface area contributed by atoms with E-state index in [1.807, 2.05) is 0 Å². The third-order valence-corrected chi connectivity index (χ3v) is 6.52. The zero-order valence-electron chi connectivity index (χ0n) is 18.3. The van der Waals surface area contributed by atoms with Gasteiger partial charge in [0.15, 0.2) is 11.5 Å². The van der Waals surface area contributed by atoms with Crippen LogP contribution >= 0.6 is 0 Å². The van der Waals surface area contributed by atoms with Crippen molar-refractivity contribution in [3.8, 4) is 5.88 Å². The number of carbonyl (C=O) groups is 2. The van der Waals surface area contributed by atoms with Gasteiger partial charge in [0.1, 0.15) is 17.5 Å². The number of aromatic nitrogens is 4. The molecule has 2 saturated heterocycles. The summed E-state index contributed by atoms with van der Waals surface area (Å²) >= 11 is 0. The SMILES string of the molecule is CC(=O)N1CC[C@H]2NC(=O)c3cnn4ccc(nc34)N3OCC[C@H]3c3cc(F)cnc3OC2C1. The Balaban J connectivity index is 1.51. The Morgan fingerprint density at radius 3 is 3.03 bits per heavy atom. The summed E-state index contributed by atoms with van der Waals surface area (Å²) in [6.07, 6.45) is 4.72. The van der Waals surface area contributed by atoms with Gasteiger partial charge in [-0.15, -0.1) is 0 Å². The minimum absolute atomic E-state index is 0.0856. The third-order valence-electron chi connectivity index (χ3n) is 6.52. The second-order valence-electron chi connectivity index (χ2n) is 8.61. The lowest BCUT2D eigenvalue weighted by atomic mass is 10.0. The van der Waals surface area contributed by atoms with Crippen molar-refractivity contribution in [1.82, 2.24) is 29.8 Å². The van der Waals surface area contributed by atoms with Crippen molar-refractivity contribution in [2.45, 2.75) is 38.0 Å². The number of hydroxylamine groups is 1. The van der Waals surface area contributed by atoms with E-state index in [1.165, 1.54) is 23.7 Å². The molecule has 0 spiro atoms. The van der Waals surface area contributed by atoms with Crippen LogP contribution in [0.3, 0.4) is 0 Å². The highest BCUT2D eigenvalue weighted by Crippen LogP contribution is 2.39. The van der Waals surface area contributed by atoms with Gasteiger partial charge < -0.3 is 15.0 Å². The van der Waals surface area contributed by atoms with Crippen molar-refractivity contribution in [3.05, 3.63) is 47.7 Å². The highest BCUT2D eigenvalue weighted by Gasteiger charge is 2.38. The lowest BCUT2D eigenvalue weighted by molar-refractivity contribution is -0.131. The largest absolute Gasteiger partial charge is 0.470 e. The van der Waals surface area contributed by atoms with Crippen LogP contribution < -0.4 is 15.1 Å². The van der Waals surface area contributed by atoms with Crippen LogP contribution in [0, 0.1) is 5.82 Å². The molecular formula is C22H22FN7O4. The number of rotatable bonds is 0. The Morgan fingerprint density at radius 1 is 1.29 bits per heavy atom. The van der Waals surface area contributed by atoms with Crippen molar-refractivity contribution in [3.63, 3.8) is 0 Å². The van der Waals surface area contributed by atoms with Gasteiger partial charge in [0.25, 0.3) is 5.91 Å². The number of likely N-dealkylation sites (tertiary alicyclic amines) is 1. The number of carbonyl (C=O) groups excluding carboxylic acids is 2. The predicted molar refractivity (Wildman–Crippen MR) is 116 cm³/mol. The number of amides is 2. The summed E-state index contributed by atoms with van der Waals surface area (Å²) in [6.45, 7) is 2.63. The molecular weight excluding hydrogens is 445 g/mol. The first-order chi connectivity index (χ1) is 16.5. The number of nitrogens with zero attached hydrogens (tertiary/aromatic N) is 6. The van der Waals surface area contributed by atoms with E-state index in [1.54, 1.807) is 22.2 Å². The minimum atomic E-state index is -0.586. The summed E-state index contributed by atoms with van der Waals surface area (Å²) in [5.41, 5.74) is 1.20. The van der Waals surface area contributed by atoms with Gasteiger partial charge in [0.2, 0.25) is 11.8 Å². The fraction of sp³-hybridized carbons (Fsp3) is 0.409. The Kier molecular flexibility index (Phi) is 4.83. The first-order valence-corrected chi connectivity index (χ1v) is 11.1. The molecule has 1 unspecified atom stereocenters. The Hall–Kier alpha value is -3.80. The highest BCUT2D eigenvalue weighted by molar-refractivity contribution is 6.00. The van der Waals surface area contributed by atoms with Gasteiger partial charge in [-0.1, -0.05) is 0 Å². The molecule has 3 aliphatic heterocycles. The number of pyridine rings is 1. The van der Waals surface area contributed by atoms with Crippen LogP contribution in [0.4, 0.5) is 10.2 Å². The first-order valence-electron chi connectivity index (χ1n) is 11.1. The summed E-state index contributed by atoms with van der Waals surface area (Å²) in [6, 6.07) is 2.29. The van der Waals surface area contributed by atoms with Crippen molar-refractivity contribution in [1.29, 1.82) is 0 Å². The maximum Gasteiger partial charge on any atom is 0.257 e. The van der Waals surface area contributed by atoms with Crippen LogP contribution in [0.1, 0.15) is 41.7 Å². The van der Waals surface area contributed by atoms with Crippen LogP contribution in [-0.2, 0) is 9.63 Å². The van der Waals surface area contributed by atoms with E-state index in [2.05, 4.69) is 20.4 Å². The van der Waals surface area contributed by atoms with Gasteiger partial charge in [-0.2, -0.15) is 5.10 Å². The Morgan fingerprint density at radius 2 is 2.18 bits per heavy atom. The quantitative estimate of drug-likeness (QED) is 0.526. The summed E-state index contributed by atoms with van der Waals surface area (Å²) in [5.74, 6) is -0.240. The molecule has 11 nitrogen and oxygen atoms in total. The number of anilines is 1. The van der Waals surface area contributed by atoms with E-state index in [-0.39, 0.29) is 24.2 Å². The molecule has 2 bridgehead atoms. The molecule has 3 aromatic rings. The van der Waals surface area contributed by atoms with Gasteiger partial charge in [-0.05, 0) is 12.5 Å². The highest BCUT2D eigenvalue weighted by atomic mass is 19.1. The Bertz CT molecular complexity index is 1300. The molecule has 176 valence electrons. The van der Waals surface area contributed by atoms with Crippen molar-refractivity contribution in [2.24, 2.45) is 0 Å². The second kappa shape index (κ2) is 7.90. The fourth-order valence-electron chi connectivity index (χ4n) is 4.78. The van der Waals surface area contributed by atoms with Crippen LogP contribution in [0.15, 0.2) is 30.7 Å². The van der Waals surface area contributed by atoms with Crippen LogP contribution in [0.5, 0.6) is 5.88 Å². The van der Waals surface area contributed by atoms with E-state index in [0.29, 0.717) is 48.6 Å². The molecule has 12 heteroatoms. The number of piperidine rings is 1. The molecule has 3 aliphatic rings. The van der Waals surface area contributed by atoms with Crippen LogP contribution in [-0.4, -0.2) is 68.1 Å². The van der Waals surface area contributed by atoms with E-state index >= 15 is 0 Å². The number of fused-ring (bicyclic) bond motifs is 6. The van der Waals surface area contributed by atoms with E-state index in [4.69, 9.17) is 9.57 Å². The first kappa shape index (κ1) is 20.8. The molecule has 3 aromatic heterocycles. The zero-order valence-corrected chi connectivity index (χ0v) is 18.3. The third kappa shape index (κ3) is 3.41. The van der Waals surface area contributed by atoms with Gasteiger partial charge in [0.05, 0.1) is 37.6 Å². The van der Waals surface area contributed by atoms with E-state index in [9.17, 15) is 14.0 Å². The van der Waals surface area contributed by atoms with E-state index in [0.717, 1.165) is 6.20 Å². The summed E-state index contributed by atoms with van der Waals surface area (Å²) in [7, 11) is 0. The summed E-state index contributed by atoms with van der Waals surface area (Å²) < 4.78 is 22.2. The van der Waals surface area contributed by atoms with Crippen molar-refractivity contribution in [2.75, 3.05) is 24.8 Å². The number of hydrogen-bond acceptors (Lipinski definition) is 8. The smallest absolute Gasteiger partial charge is 0.257 e. The second-order valence-corrected chi connectivity index (χ2v) is 8.61. The summed E-state index contributed by atoms with van der Waals surface area (Å²) in [4.78, 5) is 41.7. The Labute approximate surface area is 193 Å². The predicted octanol–water partition coefficient (Wildman–Crippen LogP) is 1.26. The normalized spacial score (nSPS) is 24.3. The number of nitrogens with one attached hydrogen (secondary N) is 1. The number of ether oxygens (including phenoxy) is 1. The van der Waals surface area contributed by atoms with Gasteiger partial charge >= 0.3 is 0 Å². The lowest BCUT2D eigenvalue weighted by Gasteiger charge is -2.38. The number of hydrogen-bond donors (Lipinski definition) is 1. The average molecular weight is 467 g/mol. The monoisotopic (exact) mass is 467 g/mol. The molecule has 6 rings (SSSR count). The van der Waals surface area contributed by atoms with Gasteiger partial charge in [-0.25, -0.2) is 23.9 Å². The maximum absolute atomic E-state index is 14.3. The van der Waals surface area contributed by atoms with Crippen molar-refractivity contribution >= 4 is 23.3 Å². The minimum Gasteiger partial charge on any atom is -0.470 e. The fourth-order valence-corrected chi connectivity index (χ4v) is 4.78. The van der Waals surface area contributed by atoms with Crippen molar-refractivity contribution < 1.29 is 23.6 Å². The van der Waals surface area contributed by atoms with E-state index < -0.39 is 24.0 Å². The molecule has 0 saturated carbocycles. The summed E-state index contributed by atoms with van der Waals surface area (Å²) in [5, 5.41) is 8.86. The maximum atomic E-state index is 14.3. The molecule has 1 N–H and O–H groups in total. The van der Waals surface area contributed by atoms with Gasteiger partial charge in [-0.3, -0.25) is 14.4 Å². The molecule has 3 atom stereocenters. The number of halogens is 1. The van der Waals surface area contributed by atoms with Gasteiger partial charge in [0, 0.05) is 37.7 Å². The van der Waals surface area contributed by atoms with Crippen LogP contribution in [0.2, 0.25) is 0 Å². The van der Waals surface area contributed by atoms with Crippen LogP contribution in [0.25, 0.3) is 5.65 Å². The molecule has 6 heterocycles. The molecule has 2 amide bonds. The molecule has 2 fully saturated rings. The average Bonchev–Trinajstić information content (AvgIpc) is 3.47.